The van der Waals surface area contributed by atoms with Gasteiger partial charge in [0.25, 0.3) is 5.91 Å². The Balaban J connectivity index is 1.32. The summed E-state index contributed by atoms with van der Waals surface area (Å²) in [7, 11) is 3.35. The average molecular weight is 426 g/mol. The van der Waals surface area contributed by atoms with Crippen molar-refractivity contribution in [1.82, 2.24) is 20.0 Å². The Morgan fingerprint density at radius 3 is 2.71 bits per heavy atom. The van der Waals surface area contributed by atoms with Crippen molar-refractivity contribution in [2.75, 3.05) is 33.4 Å². The summed E-state index contributed by atoms with van der Waals surface area (Å²) in [5.41, 5.74) is 1.34. The molecule has 1 aromatic heterocycles. The van der Waals surface area contributed by atoms with Crippen molar-refractivity contribution >= 4 is 17.9 Å². The highest BCUT2D eigenvalue weighted by Gasteiger charge is 2.24. The highest BCUT2D eigenvalue weighted by molar-refractivity contribution is 5.94. The number of aromatic nitrogens is 2. The summed E-state index contributed by atoms with van der Waals surface area (Å²) < 4.78 is 18.2. The maximum absolute atomic E-state index is 12.6. The Labute approximate surface area is 180 Å². The van der Waals surface area contributed by atoms with Gasteiger partial charge in [-0.2, -0.15) is 5.10 Å². The van der Waals surface area contributed by atoms with Crippen molar-refractivity contribution in [1.29, 1.82) is 0 Å². The standard InChI is InChI=1S/C22H26N4O5/c1-25-14-16(13-23-25)22(28)24-17-5-7-26(8-6-17)20(27)4-3-15-11-18(29-2)21-19(12-15)30-9-10-31-21/h3-4,11-14,17H,5-10H2,1-2H3,(H,24,28)/b4-3+. The second-order valence-electron chi connectivity index (χ2n) is 7.56. The van der Waals surface area contributed by atoms with Crippen LogP contribution in [0.25, 0.3) is 6.08 Å². The third-order valence-electron chi connectivity index (χ3n) is 5.38. The van der Waals surface area contributed by atoms with Gasteiger partial charge in [-0.1, -0.05) is 0 Å². The second kappa shape index (κ2) is 9.11. The molecule has 2 amide bonds. The predicted molar refractivity (Wildman–Crippen MR) is 113 cm³/mol. The number of hydrogen-bond donors (Lipinski definition) is 1. The molecule has 2 aliphatic heterocycles. The van der Waals surface area contributed by atoms with E-state index in [2.05, 4.69) is 10.4 Å². The highest BCUT2D eigenvalue weighted by Crippen LogP contribution is 2.40. The number of rotatable bonds is 5. The molecule has 0 spiro atoms. The molecule has 164 valence electrons. The number of piperidine rings is 1. The lowest BCUT2D eigenvalue weighted by Gasteiger charge is -2.31. The first kappa shape index (κ1) is 20.8. The zero-order valence-corrected chi connectivity index (χ0v) is 17.7. The van der Waals surface area contributed by atoms with Gasteiger partial charge in [0.15, 0.2) is 11.5 Å². The van der Waals surface area contributed by atoms with Crippen LogP contribution in [-0.2, 0) is 11.8 Å². The number of fused-ring (bicyclic) bond motifs is 1. The minimum Gasteiger partial charge on any atom is -0.493 e. The van der Waals surface area contributed by atoms with Gasteiger partial charge in [0.2, 0.25) is 11.7 Å². The molecular weight excluding hydrogens is 400 g/mol. The minimum atomic E-state index is -0.134. The summed E-state index contributed by atoms with van der Waals surface area (Å²) >= 11 is 0. The van der Waals surface area contributed by atoms with Gasteiger partial charge in [-0.25, -0.2) is 0 Å². The van der Waals surface area contributed by atoms with Gasteiger partial charge in [-0.05, 0) is 36.6 Å². The number of benzene rings is 1. The number of carbonyl (C=O) groups excluding carboxylic acids is 2. The predicted octanol–water partition coefficient (Wildman–Crippen LogP) is 1.63. The van der Waals surface area contributed by atoms with Gasteiger partial charge in [-0.15, -0.1) is 0 Å². The number of hydrogen-bond acceptors (Lipinski definition) is 6. The molecule has 2 aromatic rings. The molecule has 9 nitrogen and oxygen atoms in total. The summed E-state index contributed by atoms with van der Waals surface area (Å²) in [6, 6.07) is 3.70. The SMILES string of the molecule is COc1cc(/C=C/C(=O)N2CCC(NC(=O)c3cnn(C)c3)CC2)cc2c1OCCO2. The van der Waals surface area contributed by atoms with Gasteiger partial charge in [-0.3, -0.25) is 14.3 Å². The number of nitrogens with zero attached hydrogens (tertiary/aromatic N) is 3. The lowest BCUT2D eigenvalue weighted by Crippen LogP contribution is -2.46. The lowest BCUT2D eigenvalue weighted by atomic mass is 10.0. The number of aryl methyl sites for hydroxylation is 1. The normalized spacial score (nSPS) is 16.4. The molecule has 1 fully saturated rings. The van der Waals surface area contributed by atoms with Gasteiger partial charge in [0, 0.05) is 38.5 Å². The van der Waals surface area contributed by atoms with Crippen LogP contribution in [0.2, 0.25) is 0 Å². The van der Waals surface area contributed by atoms with E-state index in [1.807, 2.05) is 12.1 Å². The molecule has 1 N–H and O–H groups in total. The fourth-order valence-corrected chi connectivity index (χ4v) is 3.71. The van der Waals surface area contributed by atoms with E-state index in [9.17, 15) is 9.59 Å². The molecular formula is C22H26N4O5. The van der Waals surface area contributed by atoms with Gasteiger partial charge in [0.05, 0.1) is 18.9 Å². The molecule has 1 aromatic carbocycles. The van der Waals surface area contributed by atoms with Gasteiger partial charge in [0.1, 0.15) is 13.2 Å². The van der Waals surface area contributed by atoms with Crippen LogP contribution in [-0.4, -0.2) is 65.9 Å². The summed E-state index contributed by atoms with van der Waals surface area (Å²) in [6.45, 7) is 2.14. The van der Waals surface area contributed by atoms with Crippen LogP contribution in [0.5, 0.6) is 17.2 Å². The topological polar surface area (TPSA) is 94.9 Å². The van der Waals surface area contributed by atoms with Crippen molar-refractivity contribution in [3.05, 3.63) is 41.7 Å². The number of methoxy groups -OCH3 is 1. The van der Waals surface area contributed by atoms with E-state index in [1.54, 1.807) is 48.3 Å². The quantitative estimate of drug-likeness (QED) is 0.731. The molecule has 31 heavy (non-hydrogen) atoms. The van der Waals surface area contributed by atoms with Gasteiger partial charge < -0.3 is 24.4 Å². The molecule has 2 aliphatic rings. The van der Waals surface area contributed by atoms with Crippen molar-refractivity contribution in [3.63, 3.8) is 0 Å². The number of likely N-dealkylation sites (tertiary alicyclic amines) is 1. The highest BCUT2D eigenvalue weighted by atomic mass is 16.6. The van der Waals surface area contributed by atoms with Crippen molar-refractivity contribution in [2.24, 2.45) is 7.05 Å². The summed E-state index contributed by atoms with van der Waals surface area (Å²) in [5.74, 6) is 1.58. The molecule has 0 atom stereocenters. The van der Waals surface area contributed by atoms with E-state index >= 15 is 0 Å². The van der Waals surface area contributed by atoms with E-state index in [0.717, 1.165) is 5.56 Å². The van der Waals surface area contributed by atoms with E-state index in [0.29, 0.717) is 62.0 Å². The summed E-state index contributed by atoms with van der Waals surface area (Å²) in [5, 5.41) is 7.04. The summed E-state index contributed by atoms with van der Waals surface area (Å²) in [6.07, 6.45) is 7.96. The maximum atomic E-state index is 12.6. The number of carbonyl (C=O) groups is 2. The van der Waals surface area contributed by atoms with Crippen LogP contribution in [0.3, 0.4) is 0 Å². The molecule has 4 rings (SSSR count). The van der Waals surface area contributed by atoms with Crippen molar-refractivity contribution in [2.45, 2.75) is 18.9 Å². The first-order valence-corrected chi connectivity index (χ1v) is 10.3. The molecule has 1 saturated heterocycles. The third-order valence-corrected chi connectivity index (χ3v) is 5.38. The van der Waals surface area contributed by atoms with E-state index in [-0.39, 0.29) is 17.9 Å². The van der Waals surface area contributed by atoms with Crippen LogP contribution < -0.4 is 19.5 Å². The van der Waals surface area contributed by atoms with E-state index in [4.69, 9.17) is 14.2 Å². The van der Waals surface area contributed by atoms with Gasteiger partial charge >= 0.3 is 0 Å². The lowest BCUT2D eigenvalue weighted by molar-refractivity contribution is -0.126. The summed E-state index contributed by atoms with van der Waals surface area (Å²) in [4.78, 5) is 26.7. The molecule has 9 heteroatoms. The van der Waals surface area contributed by atoms with Crippen molar-refractivity contribution < 1.29 is 23.8 Å². The molecule has 0 radical (unpaired) electrons. The number of amides is 2. The zero-order valence-electron chi connectivity index (χ0n) is 17.7. The molecule has 3 heterocycles. The Morgan fingerprint density at radius 2 is 2.00 bits per heavy atom. The Hall–Kier alpha value is -3.49. The zero-order chi connectivity index (χ0) is 21.8. The second-order valence-corrected chi connectivity index (χ2v) is 7.56. The monoisotopic (exact) mass is 426 g/mol. The van der Waals surface area contributed by atoms with Crippen LogP contribution >= 0.6 is 0 Å². The Bertz CT molecular complexity index is 975. The minimum absolute atomic E-state index is 0.0443. The fourth-order valence-electron chi connectivity index (χ4n) is 3.71. The number of ether oxygens (including phenoxy) is 3. The van der Waals surface area contributed by atoms with Crippen LogP contribution in [0.4, 0.5) is 0 Å². The third kappa shape index (κ3) is 4.82. The smallest absolute Gasteiger partial charge is 0.254 e. The molecule has 0 unspecified atom stereocenters. The maximum Gasteiger partial charge on any atom is 0.254 e. The molecule has 0 bridgehead atoms. The Kier molecular flexibility index (Phi) is 6.11. The fraction of sp³-hybridized carbons (Fsp3) is 0.409. The largest absolute Gasteiger partial charge is 0.493 e. The molecule has 0 aliphatic carbocycles. The van der Waals surface area contributed by atoms with E-state index in [1.165, 1.54) is 0 Å². The van der Waals surface area contributed by atoms with Crippen LogP contribution in [0, 0.1) is 0 Å². The van der Waals surface area contributed by atoms with Crippen LogP contribution in [0.1, 0.15) is 28.8 Å². The van der Waals surface area contributed by atoms with Crippen molar-refractivity contribution in [3.8, 4) is 17.2 Å². The Morgan fingerprint density at radius 1 is 1.23 bits per heavy atom. The van der Waals surface area contributed by atoms with Crippen LogP contribution in [0.15, 0.2) is 30.6 Å². The number of nitrogens with one attached hydrogen (secondary N) is 1. The first-order chi connectivity index (χ1) is 15.0. The van der Waals surface area contributed by atoms with E-state index < -0.39 is 0 Å². The molecule has 0 saturated carbocycles. The average Bonchev–Trinajstić information content (AvgIpc) is 3.23. The first-order valence-electron chi connectivity index (χ1n) is 10.3.